The van der Waals surface area contributed by atoms with Gasteiger partial charge in [0.15, 0.2) is 11.9 Å². The van der Waals surface area contributed by atoms with E-state index in [0.717, 1.165) is 15.3 Å². The van der Waals surface area contributed by atoms with Gasteiger partial charge in [0.25, 0.3) is 0 Å². The Hall–Kier alpha value is -2.47. The minimum atomic E-state index is -1.04. The second kappa shape index (κ2) is 8.91. The number of hydrogen-bond acceptors (Lipinski definition) is 5. The van der Waals surface area contributed by atoms with E-state index in [1.807, 2.05) is 32.9 Å². The van der Waals surface area contributed by atoms with E-state index in [1.54, 1.807) is 12.1 Å². The average molecular weight is 417 g/mol. The van der Waals surface area contributed by atoms with Crippen LogP contribution in [0.25, 0.3) is 0 Å². The first-order chi connectivity index (χ1) is 13.8. The molecule has 1 N–H and O–H groups in total. The number of carbonyl (C=O) groups excluding carboxylic acids is 2. The van der Waals surface area contributed by atoms with Crippen molar-refractivity contribution in [1.82, 2.24) is 0 Å². The number of cyclic esters (lactones) is 1. The van der Waals surface area contributed by atoms with Crippen LogP contribution in [0.3, 0.4) is 0 Å². The van der Waals surface area contributed by atoms with Crippen LogP contribution in [0.4, 0.5) is 4.39 Å². The molecule has 3 unspecified atom stereocenters. The van der Waals surface area contributed by atoms with E-state index in [2.05, 4.69) is 0 Å². The Bertz CT molecular complexity index is 929. The van der Waals surface area contributed by atoms with Crippen LogP contribution < -0.4 is 0 Å². The first-order valence-corrected chi connectivity index (χ1v) is 10.7. The fourth-order valence-corrected chi connectivity index (χ4v) is 4.86. The molecule has 2 aromatic rings. The molecule has 4 nitrogen and oxygen atoms in total. The molecule has 3 rings (SSSR count). The molecule has 0 radical (unpaired) electrons. The minimum absolute atomic E-state index is 0.0484. The lowest BCUT2D eigenvalue weighted by Crippen LogP contribution is -2.42. The number of Topliss-reactive ketones (excluding diaryl/α,β-unsaturated/α-hetero) is 1. The number of ether oxygens (including phenoxy) is 1. The summed E-state index contributed by atoms with van der Waals surface area (Å²) < 4.78 is 18.7. The van der Waals surface area contributed by atoms with E-state index >= 15 is 0 Å². The molecule has 1 aromatic carbocycles. The highest BCUT2D eigenvalue weighted by molar-refractivity contribution is 7.12. The average Bonchev–Trinajstić information content (AvgIpc) is 3.13. The number of hydrogen-bond donors (Lipinski definition) is 1. The maximum absolute atomic E-state index is 13.2. The van der Waals surface area contributed by atoms with Gasteiger partial charge in [0.2, 0.25) is 5.78 Å². The lowest BCUT2D eigenvalue weighted by Gasteiger charge is -2.31. The van der Waals surface area contributed by atoms with Gasteiger partial charge in [0.1, 0.15) is 5.82 Å². The van der Waals surface area contributed by atoms with Crippen molar-refractivity contribution in [2.24, 2.45) is 5.92 Å². The quantitative estimate of drug-likeness (QED) is 0.625. The molecule has 0 bridgehead atoms. The van der Waals surface area contributed by atoms with Crippen LogP contribution in [0.5, 0.6) is 0 Å². The van der Waals surface area contributed by atoms with E-state index in [9.17, 15) is 19.1 Å². The molecular formula is C23H25FO4S. The van der Waals surface area contributed by atoms with Crippen LogP contribution in [-0.4, -0.2) is 23.0 Å². The molecular weight excluding hydrogens is 391 g/mol. The summed E-state index contributed by atoms with van der Waals surface area (Å²) in [5.74, 6) is -2.68. The fraction of sp³-hybridized carbons (Fsp3) is 0.391. The highest BCUT2D eigenvalue weighted by Gasteiger charge is 2.43. The number of aryl methyl sites for hydroxylation is 1. The number of esters is 1. The summed E-state index contributed by atoms with van der Waals surface area (Å²) in [5.41, 5.74) is 0.893. The van der Waals surface area contributed by atoms with Gasteiger partial charge in [-0.2, -0.15) is 0 Å². The molecule has 1 aliphatic heterocycles. The summed E-state index contributed by atoms with van der Waals surface area (Å²) in [7, 11) is 0. The number of thiophene rings is 1. The van der Waals surface area contributed by atoms with Crippen molar-refractivity contribution in [3.63, 3.8) is 0 Å². The predicted octanol–water partition coefficient (Wildman–Crippen LogP) is 5.26. The molecule has 1 aromatic heterocycles. The third kappa shape index (κ3) is 4.42. The van der Waals surface area contributed by atoms with Gasteiger partial charge in [-0.05, 0) is 56.0 Å². The Morgan fingerprint density at radius 3 is 2.34 bits per heavy atom. The number of rotatable bonds is 7. The van der Waals surface area contributed by atoms with E-state index in [1.165, 1.54) is 23.5 Å². The predicted molar refractivity (Wildman–Crippen MR) is 111 cm³/mol. The van der Waals surface area contributed by atoms with Gasteiger partial charge in [0.05, 0.1) is 5.57 Å². The number of aliphatic hydroxyl groups is 1. The fourth-order valence-electron chi connectivity index (χ4n) is 3.79. The van der Waals surface area contributed by atoms with Gasteiger partial charge in [0, 0.05) is 21.6 Å². The van der Waals surface area contributed by atoms with Crippen molar-refractivity contribution in [1.29, 1.82) is 0 Å². The lowest BCUT2D eigenvalue weighted by atomic mass is 9.84. The van der Waals surface area contributed by atoms with Crippen LogP contribution in [0.15, 0.2) is 47.7 Å². The molecule has 0 aliphatic carbocycles. The highest BCUT2D eigenvalue weighted by atomic mass is 32.1. The van der Waals surface area contributed by atoms with Crippen molar-refractivity contribution in [2.75, 3.05) is 0 Å². The van der Waals surface area contributed by atoms with Crippen molar-refractivity contribution in [3.8, 4) is 0 Å². The number of ketones is 1. The molecule has 3 atom stereocenters. The van der Waals surface area contributed by atoms with E-state index in [0.29, 0.717) is 19.3 Å². The summed E-state index contributed by atoms with van der Waals surface area (Å²) in [5, 5.41) is 10.7. The number of aliphatic hydroxyl groups excluding tert-OH is 1. The molecule has 0 saturated heterocycles. The Kier molecular flexibility index (Phi) is 6.52. The third-order valence-corrected chi connectivity index (χ3v) is 6.54. The van der Waals surface area contributed by atoms with E-state index in [4.69, 9.17) is 4.74 Å². The summed E-state index contributed by atoms with van der Waals surface area (Å²) in [6.07, 6.45) is 0.554. The molecule has 2 heterocycles. The molecule has 0 saturated carbocycles. The van der Waals surface area contributed by atoms with Crippen molar-refractivity contribution in [2.45, 2.75) is 52.1 Å². The van der Waals surface area contributed by atoms with Gasteiger partial charge in [-0.3, -0.25) is 4.79 Å². The molecule has 0 fully saturated rings. The first-order valence-electron chi connectivity index (χ1n) is 9.84. The van der Waals surface area contributed by atoms with Crippen LogP contribution in [-0.2, 0) is 20.7 Å². The van der Waals surface area contributed by atoms with Crippen molar-refractivity contribution < 1.29 is 23.8 Å². The second-order valence-electron chi connectivity index (χ2n) is 7.36. The molecule has 29 heavy (non-hydrogen) atoms. The zero-order valence-electron chi connectivity index (χ0n) is 16.8. The van der Waals surface area contributed by atoms with Crippen LogP contribution in [0.1, 0.15) is 47.9 Å². The summed E-state index contributed by atoms with van der Waals surface area (Å²) in [6, 6.07) is 9.90. The van der Waals surface area contributed by atoms with Crippen LogP contribution >= 0.6 is 11.3 Å². The highest BCUT2D eigenvalue weighted by Crippen LogP contribution is 2.38. The monoisotopic (exact) mass is 416 g/mol. The SMILES string of the molecule is CCC(C1=C(O)C(=O)C(C(CC)Cc2ccc(F)cc2)OC1=O)c1ccc(C)s1. The third-order valence-electron chi connectivity index (χ3n) is 5.43. The summed E-state index contributed by atoms with van der Waals surface area (Å²) in [4.78, 5) is 27.8. The standard InChI is InChI=1S/C23H25FO4S/c1-4-15(12-14-7-9-16(24)10-8-14)22-21(26)20(25)19(23(27)28-22)17(5-2)18-11-6-13(3)29-18/h6-11,15,17,22,25H,4-5,12H2,1-3H3. The van der Waals surface area contributed by atoms with Gasteiger partial charge < -0.3 is 9.84 Å². The summed E-state index contributed by atoms with van der Waals surface area (Å²) >= 11 is 1.54. The molecule has 6 heteroatoms. The second-order valence-corrected chi connectivity index (χ2v) is 8.68. The summed E-state index contributed by atoms with van der Waals surface area (Å²) in [6.45, 7) is 5.78. The number of carbonyl (C=O) groups is 2. The Balaban J connectivity index is 1.88. The molecule has 154 valence electrons. The van der Waals surface area contributed by atoms with E-state index < -0.39 is 23.6 Å². The largest absolute Gasteiger partial charge is 0.504 e. The lowest BCUT2D eigenvalue weighted by molar-refractivity contribution is -0.158. The Morgan fingerprint density at radius 1 is 1.10 bits per heavy atom. The van der Waals surface area contributed by atoms with Gasteiger partial charge in [-0.25, -0.2) is 9.18 Å². The molecule has 1 aliphatic rings. The van der Waals surface area contributed by atoms with Gasteiger partial charge in [-0.15, -0.1) is 11.3 Å². The number of benzene rings is 1. The minimum Gasteiger partial charge on any atom is -0.504 e. The topological polar surface area (TPSA) is 63.6 Å². The smallest absolute Gasteiger partial charge is 0.339 e. The van der Waals surface area contributed by atoms with Crippen LogP contribution in [0, 0.1) is 18.7 Å². The van der Waals surface area contributed by atoms with E-state index in [-0.39, 0.29) is 23.2 Å². The number of halogens is 1. The normalized spacial score (nSPS) is 19.2. The Labute approximate surface area is 174 Å². The Morgan fingerprint density at radius 2 is 1.79 bits per heavy atom. The zero-order chi connectivity index (χ0) is 21.1. The van der Waals surface area contributed by atoms with Crippen molar-refractivity contribution >= 4 is 23.1 Å². The molecule has 0 amide bonds. The van der Waals surface area contributed by atoms with Crippen LogP contribution in [0.2, 0.25) is 0 Å². The maximum atomic E-state index is 13.2. The molecule has 0 spiro atoms. The zero-order valence-corrected chi connectivity index (χ0v) is 17.6. The van der Waals surface area contributed by atoms with Gasteiger partial charge in [-0.1, -0.05) is 26.0 Å². The van der Waals surface area contributed by atoms with Gasteiger partial charge >= 0.3 is 5.97 Å². The first kappa shape index (κ1) is 21.2. The maximum Gasteiger partial charge on any atom is 0.339 e. The van der Waals surface area contributed by atoms with Crippen molar-refractivity contribution in [3.05, 3.63) is 68.9 Å².